The lowest BCUT2D eigenvalue weighted by Gasteiger charge is -2.23. The molecular formula is C12H17FN2O3S. The van der Waals surface area contributed by atoms with Crippen molar-refractivity contribution in [3.05, 3.63) is 24.0 Å². The third-order valence-corrected chi connectivity index (χ3v) is 4.61. The molecule has 1 fully saturated rings. The Morgan fingerprint density at radius 1 is 1.37 bits per heavy atom. The lowest BCUT2D eigenvalue weighted by Crippen LogP contribution is -2.42. The number of benzene rings is 1. The second-order valence-electron chi connectivity index (χ2n) is 4.44. The number of nitrogens with one attached hydrogen (secondary N) is 2. The van der Waals surface area contributed by atoms with Crippen molar-refractivity contribution in [2.24, 2.45) is 0 Å². The standard InChI is InChI=1S/C12H17FN2O3S/c1-18-12-8-10(2-3-11(12)13)19(16,17)15-9-4-6-14-7-5-9/h2-3,8-9,14-15H,4-7H2,1H3. The van der Waals surface area contributed by atoms with Crippen LogP contribution in [0.2, 0.25) is 0 Å². The largest absolute Gasteiger partial charge is 0.494 e. The van der Waals surface area contributed by atoms with E-state index in [-0.39, 0.29) is 16.7 Å². The van der Waals surface area contributed by atoms with Crippen molar-refractivity contribution in [2.45, 2.75) is 23.8 Å². The quantitative estimate of drug-likeness (QED) is 0.862. The molecule has 106 valence electrons. The maximum absolute atomic E-state index is 13.3. The molecule has 1 heterocycles. The van der Waals surface area contributed by atoms with E-state index < -0.39 is 15.8 Å². The zero-order chi connectivity index (χ0) is 13.9. The third kappa shape index (κ3) is 3.43. The molecule has 0 radical (unpaired) electrons. The van der Waals surface area contributed by atoms with E-state index in [0.29, 0.717) is 0 Å². The van der Waals surface area contributed by atoms with Gasteiger partial charge in [-0.2, -0.15) is 0 Å². The molecule has 1 aromatic carbocycles. The van der Waals surface area contributed by atoms with Crippen LogP contribution < -0.4 is 14.8 Å². The van der Waals surface area contributed by atoms with Crippen LogP contribution in [-0.4, -0.2) is 34.7 Å². The Kier molecular flexibility index (Phi) is 4.38. The molecule has 0 amide bonds. The Hall–Kier alpha value is -1.18. The lowest BCUT2D eigenvalue weighted by molar-refractivity contribution is 0.384. The van der Waals surface area contributed by atoms with Gasteiger partial charge >= 0.3 is 0 Å². The molecule has 5 nitrogen and oxygen atoms in total. The Balaban J connectivity index is 2.18. The number of sulfonamides is 1. The first-order chi connectivity index (χ1) is 9.03. The second kappa shape index (κ2) is 5.85. The van der Waals surface area contributed by atoms with Crippen LogP contribution in [0.5, 0.6) is 5.75 Å². The topological polar surface area (TPSA) is 67.4 Å². The van der Waals surface area contributed by atoms with E-state index in [4.69, 9.17) is 4.74 Å². The minimum Gasteiger partial charge on any atom is -0.494 e. The highest BCUT2D eigenvalue weighted by Crippen LogP contribution is 2.21. The smallest absolute Gasteiger partial charge is 0.240 e. The summed E-state index contributed by atoms with van der Waals surface area (Å²) in [6.45, 7) is 1.58. The molecular weight excluding hydrogens is 271 g/mol. The average molecular weight is 288 g/mol. The van der Waals surface area contributed by atoms with E-state index in [1.165, 1.54) is 19.2 Å². The van der Waals surface area contributed by atoms with Crippen LogP contribution in [0, 0.1) is 5.82 Å². The van der Waals surface area contributed by atoms with Gasteiger partial charge in [0.05, 0.1) is 12.0 Å². The van der Waals surface area contributed by atoms with Gasteiger partial charge < -0.3 is 10.1 Å². The van der Waals surface area contributed by atoms with Gasteiger partial charge in [0, 0.05) is 12.1 Å². The van der Waals surface area contributed by atoms with Crippen molar-refractivity contribution in [3.8, 4) is 5.75 Å². The van der Waals surface area contributed by atoms with E-state index in [1.807, 2.05) is 0 Å². The first-order valence-electron chi connectivity index (χ1n) is 6.09. The van der Waals surface area contributed by atoms with E-state index >= 15 is 0 Å². The maximum atomic E-state index is 13.3. The van der Waals surface area contributed by atoms with E-state index in [1.54, 1.807) is 0 Å². The molecule has 0 atom stereocenters. The van der Waals surface area contributed by atoms with E-state index in [2.05, 4.69) is 10.0 Å². The normalized spacial score (nSPS) is 17.4. The van der Waals surface area contributed by atoms with Crippen LogP contribution in [0.4, 0.5) is 4.39 Å². The zero-order valence-electron chi connectivity index (χ0n) is 10.6. The van der Waals surface area contributed by atoms with Crippen molar-refractivity contribution in [1.82, 2.24) is 10.0 Å². The van der Waals surface area contributed by atoms with E-state index in [9.17, 15) is 12.8 Å². The highest BCUT2D eigenvalue weighted by Gasteiger charge is 2.22. The minimum atomic E-state index is -3.63. The predicted molar refractivity (Wildman–Crippen MR) is 69.2 cm³/mol. The summed E-state index contributed by atoms with van der Waals surface area (Å²) < 4.78 is 45.0. The SMILES string of the molecule is COc1cc(S(=O)(=O)NC2CCNCC2)ccc1F. The van der Waals surface area contributed by atoms with Crippen molar-refractivity contribution >= 4 is 10.0 Å². The van der Waals surface area contributed by atoms with Gasteiger partial charge in [0.2, 0.25) is 10.0 Å². The van der Waals surface area contributed by atoms with Crippen molar-refractivity contribution in [2.75, 3.05) is 20.2 Å². The summed E-state index contributed by atoms with van der Waals surface area (Å²) in [5, 5.41) is 3.16. The van der Waals surface area contributed by atoms with Gasteiger partial charge in [-0.25, -0.2) is 17.5 Å². The Morgan fingerprint density at radius 2 is 2.05 bits per heavy atom. The van der Waals surface area contributed by atoms with Crippen molar-refractivity contribution in [1.29, 1.82) is 0 Å². The first-order valence-corrected chi connectivity index (χ1v) is 7.58. The second-order valence-corrected chi connectivity index (χ2v) is 6.16. The minimum absolute atomic E-state index is 0.0179. The fraction of sp³-hybridized carbons (Fsp3) is 0.500. The molecule has 0 bridgehead atoms. The van der Waals surface area contributed by atoms with Crippen LogP contribution in [0.25, 0.3) is 0 Å². The number of halogens is 1. The summed E-state index contributed by atoms with van der Waals surface area (Å²) in [5.74, 6) is -0.656. The van der Waals surface area contributed by atoms with E-state index in [0.717, 1.165) is 32.0 Å². The van der Waals surface area contributed by atoms with Gasteiger partial charge in [0.25, 0.3) is 0 Å². The molecule has 0 aliphatic carbocycles. The number of rotatable bonds is 4. The predicted octanol–water partition coefficient (Wildman–Crippen LogP) is 0.865. The summed E-state index contributed by atoms with van der Waals surface area (Å²) in [6, 6.07) is 3.44. The van der Waals surface area contributed by atoms with Crippen LogP contribution in [-0.2, 0) is 10.0 Å². The monoisotopic (exact) mass is 288 g/mol. The first kappa shape index (κ1) is 14.2. The molecule has 0 saturated carbocycles. The Bertz CT molecular complexity index is 542. The lowest BCUT2D eigenvalue weighted by atomic mass is 10.1. The summed E-state index contributed by atoms with van der Waals surface area (Å²) in [6.07, 6.45) is 1.50. The highest BCUT2D eigenvalue weighted by molar-refractivity contribution is 7.89. The van der Waals surface area contributed by atoms with Crippen LogP contribution in [0.3, 0.4) is 0 Å². The summed E-state index contributed by atoms with van der Waals surface area (Å²) >= 11 is 0. The van der Waals surface area contributed by atoms with Crippen molar-refractivity contribution < 1.29 is 17.5 Å². The highest BCUT2D eigenvalue weighted by atomic mass is 32.2. The van der Waals surface area contributed by atoms with Gasteiger partial charge in [0.15, 0.2) is 11.6 Å². The molecule has 0 spiro atoms. The van der Waals surface area contributed by atoms with Crippen LogP contribution in [0.15, 0.2) is 23.1 Å². The summed E-state index contributed by atoms with van der Waals surface area (Å²) in [7, 11) is -2.33. The molecule has 1 saturated heterocycles. The summed E-state index contributed by atoms with van der Waals surface area (Å²) in [4.78, 5) is 0.0179. The van der Waals surface area contributed by atoms with Gasteiger partial charge in [-0.3, -0.25) is 0 Å². The molecule has 1 aliphatic heterocycles. The molecule has 0 aromatic heterocycles. The van der Waals surface area contributed by atoms with Gasteiger partial charge in [0.1, 0.15) is 0 Å². The molecule has 2 N–H and O–H groups in total. The van der Waals surface area contributed by atoms with Crippen LogP contribution in [0.1, 0.15) is 12.8 Å². The number of methoxy groups -OCH3 is 1. The number of hydrogen-bond donors (Lipinski definition) is 2. The zero-order valence-corrected chi connectivity index (χ0v) is 11.5. The third-order valence-electron chi connectivity index (χ3n) is 3.09. The van der Waals surface area contributed by atoms with Gasteiger partial charge in [-0.1, -0.05) is 0 Å². The number of ether oxygens (including phenoxy) is 1. The maximum Gasteiger partial charge on any atom is 0.240 e. The molecule has 1 aromatic rings. The average Bonchev–Trinajstić information content (AvgIpc) is 2.39. The van der Waals surface area contributed by atoms with Gasteiger partial charge in [-0.15, -0.1) is 0 Å². The van der Waals surface area contributed by atoms with Crippen molar-refractivity contribution in [3.63, 3.8) is 0 Å². The number of hydrogen-bond acceptors (Lipinski definition) is 4. The molecule has 2 rings (SSSR count). The van der Waals surface area contributed by atoms with Crippen LogP contribution >= 0.6 is 0 Å². The fourth-order valence-corrected chi connectivity index (χ4v) is 3.35. The summed E-state index contributed by atoms with van der Waals surface area (Å²) in [5.41, 5.74) is 0. The molecule has 1 aliphatic rings. The molecule has 19 heavy (non-hydrogen) atoms. The fourth-order valence-electron chi connectivity index (χ4n) is 2.03. The molecule has 7 heteroatoms. The number of piperidine rings is 1. The Morgan fingerprint density at radius 3 is 2.68 bits per heavy atom. The Labute approximate surface area is 112 Å². The van der Waals surface area contributed by atoms with Gasteiger partial charge in [-0.05, 0) is 38.1 Å². The molecule has 0 unspecified atom stereocenters.